The molecule has 0 aliphatic carbocycles. The Morgan fingerprint density at radius 1 is 1.12 bits per heavy atom. The van der Waals surface area contributed by atoms with Gasteiger partial charge in [-0.15, -0.1) is 0 Å². The molecule has 0 bridgehead atoms. The van der Waals surface area contributed by atoms with Crippen molar-refractivity contribution in [1.82, 2.24) is 9.55 Å². The molecular formula is C20H19Cl2FN2O. The van der Waals surface area contributed by atoms with Gasteiger partial charge in [0.2, 0.25) is 0 Å². The van der Waals surface area contributed by atoms with Gasteiger partial charge in [0.15, 0.2) is 0 Å². The zero-order valence-electron chi connectivity index (χ0n) is 14.1. The minimum absolute atomic E-state index is 0.0269. The van der Waals surface area contributed by atoms with Crippen molar-refractivity contribution in [2.24, 2.45) is 0 Å². The molecule has 1 aromatic heterocycles. The van der Waals surface area contributed by atoms with Gasteiger partial charge in [-0.05, 0) is 48.2 Å². The van der Waals surface area contributed by atoms with Crippen LogP contribution < -0.4 is 0 Å². The topological polar surface area (TPSA) is 27.1 Å². The van der Waals surface area contributed by atoms with Crippen molar-refractivity contribution in [2.75, 3.05) is 0 Å². The van der Waals surface area contributed by atoms with E-state index in [1.165, 1.54) is 12.1 Å². The molecule has 136 valence electrons. The molecule has 6 heteroatoms. The fourth-order valence-corrected chi connectivity index (χ4v) is 3.15. The summed E-state index contributed by atoms with van der Waals surface area (Å²) < 4.78 is 21.2. The Labute approximate surface area is 162 Å². The molecule has 0 N–H and O–H groups in total. The summed E-state index contributed by atoms with van der Waals surface area (Å²) >= 11 is 12.2. The van der Waals surface area contributed by atoms with Crippen LogP contribution in [0.2, 0.25) is 10.0 Å². The number of hydrogen-bond donors (Lipinski definition) is 0. The van der Waals surface area contributed by atoms with Crippen molar-refractivity contribution >= 4 is 23.2 Å². The fourth-order valence-electron chi connectivity index (χ4n) is 2.68. The molecule has 1 unspecified atom stereocenters. The number of benzene rings is 2. The normalized spacial score (nSPS) is 12.3. The summed E-state index contributed by atoms with van der Waals surface area (Å²) in [5, 5.41) is 1.20. The SMILES string of the molecule is Fc1ccc(CCC(Cn2ccnc2)OCc2ccc(Cl)cc2Cl)cc1. The van der Waals surface area contributed by atoms with Crippen LogP contribution in [0.3, 0.4) is 0 Å². The van der Waals surface area contributed by atoms with Crippen LogP contribution in [-0.2, 0) is 24.3 Å². The Balaban J connectivity index is 1.63. The number of aromatic nitrogens is 2. The molecular weight excluding hydrogens is 374 g/mol. The van der Waals surface area contributed by atoms with Crippen molar-refractivity contribution in [1.29, 1.82) is 0 Å². The number of aryl methyl sites for hydroxylation is 1. The molecule has 3 aromatic rings. The Hall–Kier alpha value is -1.88. The second kappa shape index (κ2) is 9.17. The molecule has 1 atom stereocenters. The molecule has 0 aliphatic heterocycles. The number of hydrogen-bond acceptors (Lipinski definition) is 2. The quantitative estimate of drug-likeness (QED) is 0.502. The minimum Gasteiger partial charge on any atom is -0.372 e. The molecule has 26 heavy (non-hydrogen) atoms. The zero-order valence-corrected chi connectivity index (χ0v) is 15.6. The maximum atomic E-state index is 13.1. The molecule has 0 spiro atoms. The molecule has 0 radical (unpaired) electrons. The third-order valence-corrected chi connectivity index (χ3v) is 4.72. The average molecular weight is 393 g/mol. The molecule has 2 aromatic carbocycles. The smallest absolute Gasteiger partial charge is 0.123 e. The van der Waals surface area contributed by atoms with E-state index in [-0.39, 0.29) is 11.9 Å². The number of ether oxygens (including phenoxy) is 1. The van der Waals surface area contributed by atoms with Crippen LogP contribution in [0.15, 0.2) is 61.2 Å². The molecule has 3 nitrogen and oxygen atoms in total. The summed E-state index contributed by atoms with van der Waals surface area (Å²) in [6.45, 7) is 1.09. The minimum atomic E-state index is -0.225. The van der Waals surface area contributed by atoms with E-state index in [2.05, 4.69) is 4.98 Å². The lowest BCUT2D eigenvalue weighted by Gasteiger charge is -2.19. The van der Waals surface area contributed by atoms with Gasteiger partial charge in [0, 0.05) is 29.0 Å². The highest BCUT2D eigenvalue weighted by Crippen LogP contribution is 2.22. The second-order valence-electron chi connectivity index (χ2n) is 6.09. The van der Waals surface area contributed by atoms with E-state index >= 15 is 0 Å². The van der Waals surface area contributed by atoms with E-state index in [0.29, 0.717) is 23.2 Å². The fraction of sp³-hybridized carbons (Fsp3) is 0.250. The Bertz CT molecular complexity index is 822. The molecule has 3 rings (SSSR count). The summed E-state index contributed by atoms with van der Waals surface area (Å²) in [7, 11) is 0. The predicted molar refractivity (Wildman–Crippen MR) is 102 cm³/mol. The van der Waals surface area contributed by atoms with Gasteiger partial charge in [0.1, 0.15) is 5.82 Å². The van der Waals surface area contributed by atoms with Crippen LogP contribution in [-0.4, -0.2) is 15.7 Å². The third-order valence-electron chi connectivity index (χ3n) is 4.13. The first-order valence-corrected chi connectivity index (χ1v) is 9.11. The lowest BCUT2D eigenvalue weighted by molar-refractivity contribution is 0.0240. The number of rotatable bonds is 8. The largest absolute Gasteiger partial charge is 0.372 e. The monoisotopic (exact) mass is 392 g/mol. The Morgan fingerprint density at radius 2 is 1.92 bits per heavy atom. The first-order valence-electron chi connectivity index (χ1n) is 8.36. The molecule has 0 saturated carbocycles. The van der Waals surface area contributed by atoms with Gasteiger partial charge in [-0.1, -0.05) is 41.4 Å². The second-order valence-corrected chi connectivity index (χ2v) is 6.94. The number of nitrogens with zero attached hydrogens (tertiary/aromatic N) is 2. The predicted octanol–water partition coefficient (Wildman–Crippen LogP) is 5.55. The van der Waals surface area contributed by atoms with E-state index in [1.807, 2.05) is 16.8 Å². The Kier molecular flexibility index (Phi) is 6.67. The van der Waals surface area contributed by atoms with E-state index in [1.54, 1.807) is 36.8 Å². The zero-order chi connectivity index (χ0) is 18.4. The number of halogens is 3. The molecule has 0 saturated heterocycles. The van der Waals surface area contributed by atoms with Crippen LogP contribution in [0.5, 0.6) is 0 Å². The van der Waals surface area contributed by atoms with Crippen LogP contribution in [0.4, 0.5) is 4.39 Å². The third kappa shape index (κ3) is 5.56. The maximum Gasteiger partial charge on any atom is 0.123 e. The van der Waals surface area contributed by atoms with Gasteiger partial charge >= 0.3 is 0 Å². The summed E-state index contributed by atoms with van der Waals surface area (Å²) in [5.41, 5.74) is 1.98. The number of imidazole rings is 1. The molecule has 1 heterocycles. The first-order chi connectivity index (χ1) is 12.6. The van der Waals surface area contributed by atoms with Crippen molar-refractivity contribution in [2.45, 2.75) is 32.1 Å². The lowest BCUT2D eigenvalue weighted by atomic mass is 10.1. The molecule has 0 aliphatic rings. The molecule has 0 fully saturated rings. The van der Waals surface area contributed by atoms with Crippen LogP contribution >= 0.6 is 23.2 Å². The molecule has 0 amide bonds. The van der Waals surface area contributed by atoms with Gasteiger partial charge in [-0.2, -0.15) is 0 Å². The highest BCUT2D eigenvalue weighted by Gasteiger charge is 2.12. The average Bonchev–Trinajstić information content (AvgIpc) is 3.13. The summed E-state index contributed by atoms with van der Waals surface area (Å²) in [6, 6.07) is 12.0. The standard InChI is InChI=1S/C20H19Cl2FN2O/c21-17-5-4-16(20(22)11-17)13-26-19(12-25-10-9-24-14-25)8-3-15-1-6-18(23)7-2-15/h1-2,4-7,9-11,14,19H,3,8,12-13H2. The van der Waals surface area contributed by atoms with Crippen LogP contribution in [0, 0.1) is 5.82 Å². The summed E-state index contributed by atoms with van der Waals surface area (Å²) in [4.78, 5) is 4.08. The maximum absolute atomic E-state index is 13.1. The van der Waals surface area contributed by atoms with Crippen molar-refractivity contribution in [3.05, 3.63) is 88.2 Å². The lowest BCUT2D eigenvalue weighted by Crippen LogP contribution is -2.20. The Morgan fingerprint density at radius 3 is 2.62 bits per heavy atom. The van der Waals surface area contributed by atoms with E-state index in [4.69, 9.17) is 27.9 Å². The highest BCUT2D eigenvalue weighted by molar-refractivity contribution is 6.35. The summed E-state index contributed by atoms with van der Waals surface area (Å²) in [5.74, 6) is -0.225. The van der Waals surface area contributed by atoms with E-state index in [0.717, 1.165) is 24.0 Å². The van der Waals surface area contributed by atoms with Crippen LogP contribution in [0.1, 0.15) is 17.5 Å². The van der Waals surface area contributed by atoms with Crippen LogP contribution in [0.25, 0.3) is 0 Å². The highest BCUT2D eigenvalue weighted by atomic mass is 35.5. The van der Waals surface area contributed by atoms with Crippen molar-refractivity contribution in [3.63, 3.8) is 0 Å². The van der Waals surface area contributed by atoms with Crippen molar-refractivity contribution in [3.8, 4) is 0 Å². The van der Waals surface area contributed by atoms with Gasteiger partial charge in [-0.3, -0.25) is 0 Å². The van der Waals surface area contributed by atoms with E-state index < -0.39 is 0 Å². The first kappa shape index (κ1) is 18.9. The van der Waals surface area contributed by atoms with Gasteiger partial charge < -0.3 is 9.30 Å². The van der Waals surface area contributed by atoms with Gasteiger partial charge in [-0.25, -0.2) is 9.37 Å². The summed E-state index contributed by atoms with van der Waals surface area (Å²) in [6.07, 6.45) is 6.99. The van der Waals surface area contributed by atoms with Gasteiger partial charge in [0.05, 0.1) is 19.0 Å². The van der Waals surface area contributed by atoms with Crippen molar-refractivity contribution < 1.29 is 9.13 Å². The van der Waals surface area contributed by atoms with Gasteiger partial charge in [0.25, 0.3) is 0 Å². The van der Waals surface area contributed by atoms with E-state index in [9.17, 15) is 4.39 Å².